The fraction of sp³-hybridized carbons (Fsp3) is 0.667. The molecule has 1 aromatic rings. The van der Waals surface area contributed by atoms with Crippen molar-refractivity contribution in [1.82, 2.24) is 0 Å². The van der Waals surface area contributed by atoms with Gasteiger partial charge in [0.05, 0.1) is 0 Å². The smallest absolute Gasteiger partial charge is 0.0353 e. The lowest BCUT2D eigenvalue weighted by molar-refractivity contribution is 0.526. The Morgan fingerprint density at radius 3 is 2.10 bits per heavy atom. The Labute approximate surface area is 133 Å². The Balaban J connectivity index is 2.54. The second-order valence-electron chi connectivity index (χ2n) is 5.80. The molecule has 0 fully saturated rings. The van der Waals surface area contributed by atoms with Gasteiger partial charge in [0.15, 0.2) is 0 Å². The summed E-state index contributed by atoms with van der Waals surface area (Å²) in [5.41, 5.74) is 2.55. The van der Waals surface area contributed by atoms with Gasteiger partial charge in [0.25, 0.3) is 0 Å². The Morgan fingerprint density at radius 2 is 1.60 bits per heavy atom. The van der Waals surface area contributed by atoms with Gasteiger partial charge in [-0.05, 0) is 37.5 Å². The van der Waals surface area contributed by atoms with Gasteiger partial charge in [-0.2, -0.15) is 0 Å². The number of hydrogen-bond donors (Lipinski definition) is 1. The first-order valence-corrected chi connectivity index (χ1v) is 8.99. The van der Waals surface area contributed by atoms with E-state index in [0.717, 1.165) is 0 Å². The van der Waals surface area contributed by atoms with Crippen molar-refractivity contribution in [2.75, 3.05) is 5.32 Å². The molecule has 0 atom stereocenters. The van der Waals surface area contributed by atoms with Crippen molar-refractivity contribution >= 4 is 21.6 Å². The van der Waals surface area contributed by atoms with Gasteiger partial charge in [-0.3, -0.25) is 0 Å². The van der Waals surface area contributed by atoms with Crippen molar-refractivity contribution in [2.24, 2.45) is 0 Å². The van der Waals surface area contributed by atoms with Crippen LogP contribution in [0.2, 0.25) is 0 Å². The topological polar surface area (TPSA) is 12.0 Å². The standard InChI is InChI=1S/C18H30BrN/c1-4-6-8-10-16(11-9-7-5-2)20-17-13-12-15(3)18(19)14-17/h12-14,16,20H,4-11H2,1-3H3. The first kappa shape index (κ1) is 17.6. The van der Waals surface area contributed by atoms with Crippen LogP contribution in [0.3, 0.4) is 0 Å². The van der Waals surface area contributed by atoms with Crippen LogP contribution in [-0.2, 0) is 0 Å². The third kappa shape index (κ3) is 6.78. The molecule has 0 radical (unpaired) electrons. The number of nitrogens with one attached hydrogen (secondary N) is 1. The lowest BCUT2D eigenvalue weighted by Gasteiger charge is -2.20. The summed E-state index contributed by atoms with van der Waals surface area (Å²) >= 11 is 3.62. The minimum Gasteiger partial charge on any atom is -0.382 e. The summed E-state index contributed by atoms with van der Waals surface area (Å²) in [5.74, 6) is 0. The van der Waals surface area contributed by atoms with Crippen molar-refractivity contribution in [3.8, 4) is 0 Å². The Kier molecular flexibility index (Phi) is 9.00. The predicted octanol–water partition coefficient (Wildman–Crippen LogP) is 6.70. The molecular weight excluding hydrogens is 310 g/mol. The molecule has 1 rings (SSSR count). The number of benzene rings is 1. The van der Waals surface area contributed by atoms with Gasteiger partial charge in [-0.15, -0.1) is 0 Å². The van der Waals surface area contributed by atoms with Crippen molar-refractivity contribution in [1.29, 1.82) is 0 Å². The van der Waals surface area contributed by atoms with Crippen LogP contribution >= 0.6 is 15.9 Å². The predicted molar refractivity (Wildman–Crippen MR) is 94.6 cm³/mol. The molecule has 0 aliphatic rings. The minimum absolute atomic E-state index is 0.628. The lowest BCUT2D eigenvalue weighted by atomic mass is 10.0. The summed E-state index contributed by atoms with van der Waals surface area (Å²) in [7, 11) is 0. The Hall–Kier alpha value is -0.500. The van der Waals surface area contributed by atoms with Crippen LogP contribution in [0, 0.1) is 6.92 Å². The summed E-state index contributed by atoms with van der Waals surface area (Å²) in [5, 5.41) is 3.73. The molecule has 114 valence electrons. The normalized spacial score (nSPS) is 11.1. The first-order valence-electron chi connectivity index (χ1n) is 8.20. The first-order chi connectivity index (χ1) is 9.67. The molecule has 0 unspecified atom stereocenters. The third-order valence-electron chi connectivity index (χ3n) is 3.85. The van der Waals surface area contributed by atoms with Crippen molar-refractivity contribution in [3.05, 3.63) is 28.2 Å². The van der Waals surface area contributed by atoms with E-state index in [-0.39, 0.29) is 0 Å². The number of unbranched alkanes of at least 4 members (excludes halogenated alkanes) is 4. The molecule has 0 saturated carbocycles. The van der Waals surface area contributed by atoms with Crippen LogP contribution in [0.15, 0.2) is 22.7 Å². The van der Waals surface area contributed by atoms with Crippen LogP contribution in [0.1, 0.15) is 70.8 Å². The van der Waals surface area contributed by atoms with Gasteiger partial charge >= 0.3 is 0 Å². The van der Waals surface area contributed by atoms with Gasteiger partial charge in [-0.25, -0.2) is 0 Å². The van der Waals surface area contributed by atoms with Crippen LogP contribution in [0.4, 0.5) is 5.69 Å². The molecule has 20 heavy (non-hydrogen) atoms. The largest absolute Gasteiger partial charge is 0.382 e. The van der Waals surface area contributed by atoms with Crippen LogP contribution in [-0.4, -0.2) is 6.04 Å². The highest BCUT2D eigenvalue weighted by molar-refractivity contribution is 9.10. The number of aryl methyl sites for hydroxylation is 1. The number of rotatable bonds is 10. The molecule has 2 heteroatoms. The van der Waals surface area contributed by atoms with Gasteiger partial charge in [-0.1, -0.05) is 74.4 Å². The molecule has 1 nitrogen and oxygen atoms in total. The molecule has 1 aromatic carbocycles. The van der Waals surface area contributed by atoms with Crippen molar-refractivity contribution in [2.45, 2.75) is 78.2 Å². The van der Waals surface area contributed by atoms with E-state index in [9.17, 15) is 0 Å². The monoisotopic (exact) mass is 339 g/mol. The molecule has 0 saturated heterocycles. The summed E-state index contributed by atoms with van der Waals surface area (Å²) < 4.78 is 1.20. The summed E-state index contributed by atoms with van der Waals surface area (Å²) in [6, 6.07) is 7.22. The van der Waals surface area contributed by atoms with E-state index in [1.165, 1.54) is 67.1 Å². The van der Waals surface area contributed by atoms with E-state index in [0.29, 0.717) is 6.04 Å². The van der Waals surface area contributed by atoms with E-state index < -0.39 is 0 Å². The zero-order valence-electron chi connectivity index (χ0n) is 13.3. The minimum atomic E-state index is 0.628. The van der Waals surface area contributed by atoms with E-state index in [2.05, 4.69) is 60.2 Å². The maximum atomic E-state index is 3.73. The van der Waals surface area contributed by atoms with Crippen LogP contribution in [0.5, 0.6) is 0 Å². The maximum absolute atomic E-state index is 3.73. The highest BCUT2D eigenvalue weighted by atomic mass is 79.9. The molecule has 0 heterocycles. The molecule has 0 aliphatic heterocycles. The molecule has 0 aromatic heterocycles. The van der Waals surface area contributed by atoms with Gasteiger partial charge in [0, 0.05) is 16.2 Å². The molecule has 1 N–H and O–H groups in total. The quantitative estimate of drug-likeness (QED) is 0.467. The average molecular weight is 340 g/mol. The Bertz CT molecular complexity index is 366. The molecular formula is C18H30BrN. The van der Waals surface area contributed by atoms with Crippen LogP contribution < -0.4 is 5.32 Å². The fourth-order valence-electron chi connectivity index (χ4n) is 2.49. The van der Waals surface area contributed by atoms with E-state index in [4.69, 9.17) is 0 Å². The summed E-state index contributed by atoms with van der Waals surface area (Å²) in [6.45, 7) is 6.68. The highest BCUT2D eigenvalue weighted by Gasteiger charge is 2.08. The highest BCUT2D eigenvalue weighted by Crippen LogP contribution is 2.23. The third-order valence-corrected chi connectivity index (χ3v) is 4.71. The van der Waals surface area contributed by atoms with Crippen LogP contribution in [0.25, 0.3) is 0 Å². The van der Waals surface area contributed by atoms with Crippen molar-refractivity contribution in [3.63, 3.8) is 0 Å². The van der Waals surface area contributed by atoms with E-state index >= 15 is 0 Å². The maximum Gasteiger partial charge on any atom is 0.0353 e. The zero-order valence-corrected chi connectivity index (χ0v) is 14.9. The average Bonchev–Trinajstić information content (AvgIpc) is 2.43. The van der Waals surface area contributed by atoms with E-state index in [1.54, 1.807) is 0 Å². The fourth-order valence-corrected chi connectivity index (χ4v) is 2.87. The van der Waals surface area contributed by atoms with E-state index in [1.807, 2.05) is 0 Å². The number of anilines is 1. The second-order valence-corrected chi connectivity index (χ2v) is 6.65. The summed E-state index contributed by atoms with van der Waals surface area (Å²) in [6.07, 6.45) is 10.6. The molecule has 0 aliphatic carbocycles. The lowest BCUT2D eigenvalue weighted by Crippen LogP contribution is -2.19. The molecule has 0 spiro atoms. The molecule has 0 amide bonds. The van der Waals surface area contributed by atoms with Gasteiger partial charge in [0.1, 0.15) is 0 Å². The summed E-state index contributed by atoms with van der Waals surface area (Å²) in [4.78, 5) is 0. The second kappa shape index (κ2) is 10.3. The molecule has 0 bridgehead atoms. The zero-order chi connectivity index (χ0) is 14.8. The Morgan fingerprint density at radius 1 is 1.00 bits per heavy atom. The SMILES string of the molecule is CCCCCC(CCCCC)Nc1ccc(C)c(Br)c1. The van der Waals surface area contributed by atoms with Crippen molar-refractivity contribution < 1.29 is 0 Å². The number of halogens is 1. The van der Waals surface area contributed by atoms with Gasteiger partial charge in [0.2, 0.25) is 0 Å². The van der Waals surface area contributed by atoms with Gasteiger partial charge < -0.3 is 5.32 Å². The number of hydrogen-bond acceptors (Lipinski definition) is 1.